The van der Waals surface area contributed by atoms with E-state index in [4.69, 9.17) is 18.9 Å². The molecule has 8 nitrogen and oxygen atoms in total. The zero-order chi connectivity index (χ0) is 18.8. The summed E-state index contributed by atoms with van der Waals surface area (Å²) in [5.74, 6) is 1.57. The van der Waals surface area contributed by atoms with Crippen LogP contribution in [0.25, 0.3) is 0 Å². The molecule has 1 aromatic rings. The summed E-state index contributed by atoms with van der Waals surface area (Å²) < 4.78 is 21.2. The predicted molar refractivity (Wildman–Crippen MR) is 99.4 cm³/mol. The average molecular weight is 367 g/mol. The molecular formula is C18H29N3O5. The first-order valence-electron chi connectivity index (χ1n) is 8.79. The Hall–Kier alpha value is -2.19. The van der Waals surface area contributed by atoms with Gasteiger partial charge < -0.3 is 29.2 Å². The average Bonchev–Trinajstić information content (AvgIpc) is 2.68. The van der Waals surface area contributed by atoms with Gasteiger partial charge in [-0.2, -0.15) is 0 Å². The molecule has 0 atom stereocenters. The lowest BCUT2D eigenvalue weighted by Crippen LogP contribution is -2.47. The molecule has 0 spiro atoms. The van der Waals surface area contributed by atoms with Gasteiger partial charge in [0.25, 0.3) is 0 Å². The number of methoxy groups -OCH3 is 2. The molecule has 26 heavy (non-hydrogen) atoms. The minimum absolute atomic E-state index is 0.388. The molecule has 0 saturated carbocycles. The van der Waals surface area contributed by atoms with E-state index in [0.29, 0.717) is 19.8 Å². The highest BCUT2D eigenvalue weighted by Crippen LogP contribution is 2.32. The second-order valence-corrected chi connectivity index (χ2v) is 5.89. The van der Waals surface area contributed by atoms with Crippen LogP contribution in [-0.4, -0.2) is 84.8 Å². The largest absolute Gasteiger partial charge is 0.494 e. The van der Waals surface area contributed by atoms with Crippen molar-refractivity contribution in [3.63, 3.8) is 0 Å². The summed E-state index contributed by atoms with van der Waals surface area (Å²) in [5, 5.41) is 2.45. The molecule has 0 radical (unpaired) electrons. The molecule has 1 N–H and O–H groups in total. The first-order chi connectivity index (χ1) is 12.7. The Morgan fingerprint density at radius 2 is 1.88 bits per heavy atom. The highest BCUT2D eigenvalue weighted by molar-refractivity contribution is 5.66. The number of ether oxygens (including phenoxy) is 4. The molecule has 2 rings (SSSR count). The number of nitrogens with zero attached hydrogens (tertiary/aromatic N) is 2. The van der Waals surface area contributed by atoms with Crippen molar-refractivity contribution >= 4 is 11.8 Å². The van der Waals surface area contributed by atoms with Crippen LogP contribution in [-0.2, 0) is 9.47 Å². The lowest BCUT2D eigenvalue weighted by atomic mass is 10.2. The lowest BCUT2D eigenvalue weighted by molar-refractivity contribution is 0.127. The monoisotopic (exact) mass is 367 g/mol. The third kappa shape index (κ3) is 5.96. The summed E-state index contributed by atoms with van der Waals surface area (Å²) in [4.78, 5) is 15.7. The maximum atomic E-state index is 11.1. The van der Waals surface area contributed by atoms with Gasteiger partial charge in [-0.1, -0.05) is 0 Å². The summed E-state index contributed by atoms with van der Waals surface area (Å²) in [7, 11) is 4.88. The summed E-state index contributed by atoms with van der Waals surface area (Å²) in [6.45, 7) is 5.80. The zero-order valence-corrected chi connectivity index (χ0v) is 15.8. The van der Waals surface area contributed by atoms with Gasteiger partial charge in [0.1, 0.15) is 24.7 Å². The fraction of sp³-hybridized carbons (Fsp3) is 0.611. The van der Waals surface area contributed by atoms with Crippen LogP contribution >= 0.6 is 0 Å². The molecular weight excluding hydrogens is 338 g/mol. The van der Waals surface area contributed by atoms with E-state index in [1.54, 1.807) is 21.3 Å². The minimum Gasteiger partial charge on any atom is -0.494 e. The van der Waals surface area contributed by atoms with E-state index >= 15 is 0 Å². The van der Waals surface area contributed by atoms with E-state index in [1.807, 2.05) is 18.2 Å². The number of anilines is 1. The van der Waals surface area contributed by atoms with Crippen LogP contribution in [0.5, 0.6) is 11.5 Å². The molecule has 0 bridgehead atoms. The van der Waals surface area contributed by atoms with Crippen molar-refractivity contribution in [2.75, 3.05) is 78.7 Å². The third-order valence-electron chi connectivity index (χ3n) is 4.27. The van der Waals surface area contributed by atoms with Crippen LogP contribution in [0.15, 0.2) is 18.2 Å². The van der Waals surface area contributed by atoms with Crippen LogP contribution in [0.1, 0.15) is 0 Å². The van der Waals surface area contributed by atoms with Crippen LogP contribution < -0.4 is 19.7 Å². The van der Waals surface area contributed by atoms with Gasteiger partial charge in [-0.3, -0.25) is 4.90 Å². The van der Waals surface area contributed by atoms with Crippen molar-refractivity contribution in [2.24, 2.45) is 0 Å². The number of rotatable bonds is 9. The molecule has 1 fully saturated rings. The molecule has 1 amide bonds. The third-order valence-corrected chi connectivity index (χ3v) is 4.27. The van der Waals surface area contributed by atoms with Gasteiger partial charge in [-0.05, 0) is 12.1 Å². The van der Waals surface area contributed by atoms with Crippen molar-refractivity contribution in [3.05, 3.63) is 18.2 Å². The van der Waals surface area contributed by atoms with Gasteiger partial charge in [0.2, 0.25) is 0 Å². The Morgan fingerprint density at radius 3 is 2.54 bits per heavy atom. The fourth-order valence-corrected chi connectivity index (χ4v) is 2.80. The summed E-state index contributed by atoms with van der Waals surface area (Å²) >= 11 is 0. The standard InChI is InChI=1S/C18H29N3O5/c1-19-18(22)26-11-10-20-6-8-21(9-7-20)16-5-4-15(14-17(16)24-3)25-13-12-23-2/h4-5,14H,6-13H2,1-3H3,(H,19,22). The maximum absolute atomic E-state index is 11.1. The van der Waals surface area contributed by atoms with E-state index in [9.17, 15) is 4.79 Å². The Bertz CT molecular complexity index is 562. The number of piperazine rings is 1. The minimum atomic E-state index is -0.388. The first-order valence-corrected chi connectivity index (χ1v) is 8.79. The molecule has 146 valence electrons. The first kappa shape index (κ1) is 20.1. The van der Waals surface area contributed by atoms with Gasteiger partial charge >= 0.3 is 6.09 Å². The van der Waals surface area contributed by atoms with E-state index in [-0.39, 0.29) is 6.09 Å². The van der Waals surface area contributed by atoms with Crippen molar-refractivity contribution in [2.45, 2.75) is 0 Å². The molecule has 0 aliphatic carbocycles. The molecule has 1 heterocycles. The second kappa shape index (κ2) is 10.7. The van der Waals surface area contributed by atoms with E-state index in [1.165, 1.54) is 0 Å². The van der Waals surface area contributed by atoms with Crippen molar-refractivity contribution in [1.82, 2.24) is 10.2 Å². The number of hydrogen-bond acceptors (Lipinski definition) is 7. The van der Waals surface area contributed by atoms with E-state index < -0.39 is 0 Å². The summed E-state index contributed by atoms with van der Waals surface area (Å²) in [6.07, 6.45) is -0.388. The maximum Gasteiger partial charge on any atom is 0.406 e. The number of alkyl carbamates (subject to hydrolysis) is 1. The van der Waals surface area contributed by atoms with Crippen molar-refractivity contribution < 1.29 is 23.7 Å². The number of benzene rings is 1. The van der Waals surface area contributed by atoms with Gasteiger partial charge in [0.15, 0.2) is 0 Å². The topological polar surface area (TPSA) is 72.5 Å². The Morgan fingerprint density at radius 1 is 1.12 bits per heavy atom. The molecule has 8 heteroatoms. The number of nitrogens with one attached hydrogen (secondary N) is 1. The fourth-order valence-electron chi connectivity index (χ4n) is 2.80. The predicted octanol–water partition coefficient (Wildman–Crippen LogP) is 1.20. The van der Waals surface area contributed by atoms with Gasteiger partial charge in [0.05, 0.1) is 19.4 Å². The van der Waals surface area contributed by atoms with Gasteiger partial charge in [0, 0.05) is 52.9 Å². The Kier molecular flexibility index (Phi) is 8.30. The molecule has 0 aromatic heterocycles. The summed E-state index contributed by atoms with van der Waals surface area (Å²) in [6, 6.07) is 5.90. The van der Waals surface area contributed by atoms with Crippen LogP contribution in [0.4, 0.5) is 10.5 Å². The Balaban J connectivity index is 1.85. The zero-order valence-electron chi connectivity index (χ0n) is 15.8. The number of hydrogen-bond donors (Lipinski definition) is 1. The van der Waals surface area contributed by atoms with Crippen LogP contribution in [0.3, 0.4) is 0 Å². The summed E-state index contributed by atoms with van der Waals surface area (Å²) in [5.41, 5.74) is 1.06. The lowest BCUT2D eigenvalue weighted by Gasteiger charge is -2.36. The highest BCUT2D eigenvalue weighted by atomic mass is 16.5. The quantitative estimate of drug-likeness (QED) is 0.658. The van der Waals surface area contributed by atoms with Crippen LogP contribution in [0.2, 0.25) is 0 Å². The van der Waals surface area contributed by atoms with Gasteiger partial charge in [-0.25, -0.2) is 4.79 Å². The molecule has 1 saturated heterocycles. The van der Waals surface area contributed by atoms with E-state index in [0.717, 1.165) is 49.9 Å². The smallest absolute Gasteiger partial charge is 0.406 e. The van der Waals surface area contributed by atoms with E-state index in [2.05, 4.69) is 15.1 Å². The molecule has 0 unspecified atom stereocenters. The number of carbonyl (C=O) groups is 1. The highest BCUT2D eigenvalue weighted by Gasteiger charge is 2.20. The van der Waals surface area contributed by atoms with Crippen LogP contribution in [0, 0.1) is 0 Å². The second-order valence-electron chi connectivity index (χ2n) is 5.89. The normalized spacial score (nSPS) is 14.8. The Labute approximate surface area is 154 Å². The number of amides is 1. The van der Waals surface area contributed by atoms with Crippen molar-refractivity contribution in [1.29, 1.82) is 0 Å². The molecule has 1 aliphatic rings. The molecule has 1 aliphatic heterocycles. The number of carbonyl (C=O) groups excluding carboxylic acids is 1. The SMILES string of the molecule is CNC(=O)OCCN1CCN(c2ccc(OCCOC)cc2OC)CC1. The van der Waals surface area contributed by atoms with Gasteiger partial charge in [-0.15, -0.1) is 0 Å². The van der Waals surface area contributed by atoms with Crippen molar-refractivity contribution in [3.8, 4) is 11.5 Å². The molecule has 1 aromatic carbocycles.